The number of aryl methyl sites for hydroxylation is 1. The number of nitrogens with zero attached hydrogens (tertiary/aromatic N) is 1. The van der Waals surface area contributed by atoms with Gasteiger partial charge in [-0.05, 0) is 25.6 Å². The number of halogens is 1. The Kier molecular flexibility index (Phi) is 4.82. The van der Waals surface area contributed by atoms with Gasteiger partial charge in [-0.3, -0.25) is 0 Å². The molecule has 0 bridgehead atoms. The molecule has 1 N–H and O–H groups in total. The molecule has 0 saturated carbocycles. The van der Waals surface area contributed by atoms with Gasteiger partial charge < -0.3 is 14.6 Å². The van der Waals surface area contributed by atoms with Crippen LogP contribution < -0.4 is 10.1 Å². The van der Waals surface area contributed by atoms with Crippen LogP contribution in [-0.4, -0.2) is 11.7 Å². The summed E-state index contributed by atoms with van der Waals surface area (Å²) in [5.41, 5.74) is 1.81. The third-order valence-electron chi connectivity index (χ3n) is 2.67. The average molecular weight is 281 g/mol. The Morgan fingerprint density at radius 1 is 1.42 bits per heavy atom. The predicted molar refractivity (Wildman–Crippen MR) is 74.4 cm³/mol. The van der Waals surface area contributed by atoms with E-state index in [4.69, 9.17) is 20.9 Å². The van der Waals surface area contributed by atoms with Gasteiger partial charge in [0.2, 0.25) is 0 Å². The summed E-state index contributed by atoms with van der Waals surface area (Å²) in [6, 6.07) is 7.49. The first-order valence-electron chi connectivity index (χ1n) is 6.23. The first kappa shape index (κ1) is 13.9. The molecule has 1 aromatic carbocycles. The molecule has 5 heteroatoms. The van der Waals surface area contributed by atoms with E-state index in [1.807, 2.05) is 31.2 Å². The van der Waals surface area contributed by atoms with Crippen LogP contribution in [0.5, 0.6) is 5.75 Å². The van der Waals surface area contributed by atoms with Crippen molar-refractivity contribution in [2.45, 2.75) is 27.0 Å². The fourth-order valence-corrected chi connectivity index (χ4v) is 1.96. The molecule has 0 spiro atoms. The second-order valence-corrected chi connectivity index (χ2v) is 4.63. The number of nitrogens with one attached hydrogen (secondary N) is 1. The van der Waals surface area contributed by atoms with Crippen LogP contribution >= 0.6 is 11.6 Å². The molecule has 1 aromatic heterocycles. The Hall–Kier alpha value is -1.52. The topological polar surface area (TPSA) is 47.3 Å². The van der Waals surface area contributed by atoms with Crippen molar-refractivity contribution in [2.24, 2.45) is 0 Å². The van der Waals surface area contributed by atoms with E-state index in [-0.39, 0.29) is 0 Å². The third-order valence-corrected chi connectivity index (χ3v) is 3.03. The van der Waals surface area contributed by atoms with Gasteiger partial charge in [-0.25, -0.2) is 0 Å². The molecule has 0 saturated heterocycles. The highest BCUT2D eigenvalue weighted by atomic mass is 35.5. The predicted octanol–water partition coefficient (Wildman–Crippen LogP) is 3.32. The van der Waals surface area contributed by atoms with Gasteiger partial charge in [-0.15, -0.1) is 0 Å². The molecule has 0 atom stereocenters. The van der Waals surface area contributed by atoms with Crippen LogP contribution in [0.3, 0.4) is 0 Å². The van der Waals surface area contributed by atoms with Crippen LogP contribution in [0.1, 0.15) is 23.9 Å². The number of hydrogen-bond donors (Lipinski definition) is 1. The summed E-state index contributed by atoms with van der Waals surface area (Å²) >= 11 is 6.20. The maximum absolute atomic E-state index is 6.20. The van der Waals surface area contributed by atoms with Crippen LogP contribution in [0.4, 0.5) is 0 Å². The van der Waals surface area contributed by atoms with Crippen molar-refractivity contribution >= 4 is 11.6 Å². The standard InChI is InChI=1S/C14H17ClN2O2/c1-3-16-8-12-13(15)5-4-6-14(12)18-9-11-7-10(2)17-19-11/h4-7,16H,3,8-9H2,1-2H3. The number of hydrogen-bond acceptors (Lipinski definition) is 4. The van der Waals surface area contributed by atoms with Gasteiger partial charge in [-0.2, -0.15) is 0 Å². The lowest BCUT2D eigenvalue weighted by Gasteiger charge is -2.12. The van der Waals surface area contributed by atoms with Gasteiger partial charge in [0, 0.05) is 23.2 Å². The molecule has 0 fully saturated rings. The minimum atomic E-state index is 0.348. The van der Waals surface area contributed by atoms with Crippen molar-refractivity contribution < 1.29 is 9.26 Å². The molecule has 4 nitrogen and oxygen atoms in total. The maximum Gasteiger partial charge on any atom is 0.174 e. The second-order valence-electron chi connectivity index (χ2n) is 4.22. The Morgan fingerprint density at radius 3 is 2.95 bits per heavy atom. The molecule has 0 amide bonds. The smallest absolute Gasteiger partial charge is 0.174 e. The van der Waals surface area contributed by atoms with E-state index in [0.717, 1.165) is 23.6 Å². The summed E-state index contributed by atoms with van der Waals surface area (Å²) in [4.78, 5) is 0. The Balaban J connectivity index is 2.08. The molecular weight excluding hydrogens is 264 g/mol. The molecule has 2 rings (SSSR count). The minimum Gasteiger partial charge on any atom is -0.485 e. The zero-order valence-electron chi connectivity index (χ0n) is 11.1. The monoisotopic (exact) mass is 280 g/mol. The summed E-state index contributed by atoms with van der Waals surface area (Å²) in [5, 5.41) is 7.77. The molecule has 0 unspecified atom stereocenters. The van der Waals surface area contributed by atoms with Crippen molar-refractivity contribution in [3.63, 3.8) is 0 Å². The summed E-state index contributed by atoms with van der Waals surface area (Å²) in [7, 11) is 0. The fraction of sp³-hybridized carbons (Fsp3) is 0.357. The molecule has 0 aliphatic heterocycles. The molecule has 19 heavy (non-hydrogen) atoms. The van der Waals surface area contributed by atoms with Gasteiger partial charge in [0.15, 0.2) is 5.76 Å². The third kappa shape index (κ3) is 3.72. The average Bonchev–Trinajstić information content (AvgIpc) is 2.81. The van der Waals surface area contributed by atoms with Crippen LogP contribution in [0.25, 0.3) is 0 Å². The fourth-order valence-electron chi connectivity index (χ4n) is 1.73. The number of ether oxygens (including phenoxy) is 1. The van der Waals surface area contributed by atoms with E-state index in [1.165, 1.54) is 0 Å². The van der Waals surface area contributed by atoms with Crippen LogP contribution in [0.2, 0.25) is 5.02 Å². The molecular formula is C14H17ClN2O2. The van der Waals surface area contributed by atoms with Gasteiger partial charge in [0.25, 0.3) is 0 Å². The lowest BCUT2D eigenvalue weighted by molar-refractivity contribution is 0.246. The summed E-state index contributed by atoms with van der Waals surface area (Å²) in [5.74, 6) is 1.47. The van der Waals surface area contributed by atoms with Crippen molar-refractivity contribution in [3.05, 3.63) is 46.3 Å². The van der Waals surface area contributed by atoms with Crippen LogP contribution in [-0.2, 0) is 13.2 Å². The highest BCUT2D eigenvalue weighted by Gasteiger charge is 2.09. The quantitative estimate of drug-likeness (QED) is 0.882. The largest absolute Gasteiger partial charge is 0.485 e. The van der Waals surface area contributed by atoms with Crippen molar-refractivity contribution in [1.29, 1.82) is 0 Å². The normalized spacial score (nSPS) is 10.7. The first-order valence-corrected chi connectivity index (χ1v) is 6.61. The van der Waals surface area contributed by atoms with Crippen molar-refractivity contribution in [3.8, 4) is 5.75 Å². The molecule has 0 aliphatic rings. The van der Waals surface area contributed by atoms with Crippen molar-refractivity contribution in [1.82, 2.24) is 10.5 Å². The number of rotatable bonds is 6. The Morgan fingerprint density at radius 2 is 2.26 bits per heavy atom. The van der Waals surface area contributed by atoms with Crippen LogP contribution in [0.15, 0.2) is 28.8 Å². The SMILES string of the molecule is CCNCc1c(Cl)cccc1OCc1cc(C)no1. The van der Waals surface area contributed by atoms with Crippen molar-refractivity contribution in [2.75, 3.05) is 6.54 Å². The van der Waals surface area contributed by atoms with Crippen LogP contribution in [0, 0.1) is 6.92 Å². The van der Waals surface area contributed by atoms with Gasteiger partial charge in [-0.1, -0.05) is 29.7 Å². The summed E-state index contributed by atoms with van der Waals surface area (Å²) in [6.07, 6.45) is 0. The molecule has 0 aliphatic carbocycles. The lowest BCUT2D eigenvalue weighted by Crippen LogP contribution is -2.13. The lowest BCUT2D eigenvalue weighted by atomic mass is 10.2. The number of benzene rings is 1. The van der Waals surface area contributed by atoms with Gasteiger partial charge >= 0.3 is 0 Å². The summed E-state index contributed by atoms with van der Waals surface area (Å²) < 4.78 is 10.9. The Bertz CT molecular complexity index is 540. The second kappa shape index (κ2) is 6.59. The van der Waals surface area contributed by atoms with E-state index >= 15 is 0 Å². The van der Waals surface area contributed by atoms with E-state index in [1.54, 1.807) is 0 Å². The molecule has 0 radical (unpaired) electrons. The zero-order chi connectivity index (χ0) is 13.7. The Labute approximate surface area is 117 Å². The first-order chi connectivity index (χ1) is 9.20. The molecule has 1 heterocycles. The highest BCUT2D eigenvalue weighted by molar-refractivity contribution is 6.31. The van der Waals surface area contributed by atoms with E-state index in [2.05, 4.69) is 17.4 Å². The van der Waals surface area contributed by atoms with E-state index in [0.29, 0.717) is 23.9 Å². The molecule has 2 aromatic rings. The highest BCUT2D eigenvalue weighted by Crippen LogP contribution is 2.27. The zero-order valence-corrected chi connectivity index (χ0v) is 11.8. The van der Waals surface area contributed by atoms with Gasteiger partial charge in [0.05, 0.1) is 5.69 Å². The van der Waals surface area contributed by atoms with E-state index in [9.17, 15) is 0 Å². The summed E-state index contributed by atoms with van der Waals surface area (Å²) in [6.45, 7) is 5.84. The maximum atomic E-state index is 6.20. The molecule has 102 valence electrons. The minimum absolute atomic E-state index is 0.348. The number of aromatic nitrogens is 1. The van der Waals surface area contributed by atoms with Gasteiger partial charge in [0.1, 0.15) is 12.4 Å². The van der Waals surface area contributed by atoms with E-state index < -0.39 is 0 Å².